The second kappa shape index (κ2) is 17.3. The highest BCUT2D eigenvalue weighted by atomic mass is 16.5. The lowest BCUT2D eigenvalue weighted by Crippen LogP contribution is -2.52. The summed E-state index contributed by atoms with van der Waals surface area (Å²) in [6.07, 6.45) is 2.73. The number of nitrogens with zero attached hydrogens (tertiary/aromatic N) is 4. The van der Waals surface area contributed by atoms with Crippen LogP contribution in [-0.4, -0.2) is 106 Å². The molecule has 2 saturated heterocycles. The maximum absolute atomic E-state index is 14.0. The van der Waals surface area contributed by atoms with E-state index in [0.29, 0.717) is 37.8 Å². The van der Waals surface area contributed by atoms with Crippen LogP contribution in [0.4, 0.5) is 9.59 Å². The van der Waals surface area contributed by atoms with E-state index in [9.17, 15) is 19.2 Å². The van der Waals surface area contributed by atoms with Crippen LogP contribution in [0.1, 0.15) is 83.2 Å². The number of aromatic amines is 2. The van der Waals surface area contributed by atoms with Crippen LogP contribution in [0.15, 0.2) is 48.7 Å². The monoisotopic (exact) mass is 848 g/mol. The van der Waals surface area contributed by atoms with Crippen molar-refractivity contribution >= 4 is 45.8 Å². The summed E-state index contributed by atoms with van der Waals surface area (Å²) in [5.74, 6) is 1.61. The zero-order chi connectivity index (χ0) is 44.0. The van der Waals surface area contributed by atoms with Gasteiger partial charge < -0.3 is 49.3 Å². The maximum Gasteiger partial charge on any atom is 0.407 e. The molecule has 0 spiro atoms. The molecule has 0 radical (unpaired) electrons. The average molecular weight is 849 g/mol. The van der Waals surface area contributed by atoms with Crippen LogP contribution in [0, 0.1) is 17.8 Å². The zero-order valence-electron chi connectivity index (χ0n) is 36.5. The number of H-pyrrole nitrogens is 2. The van der Waals surface area contributed by atoms with Crippen molar-refractivity contribution < 1.29 is 38.1 Å². The first kappa shape index (κ1) is 42.5. The number of likely N-dealkylation sites (tertiary alicyclic amines) is 2. The van der Waals surface area contributed by atoms with Crippen molar-refractivity contribution in [3.8, 4) is 28.1 Å². The van der Waals surface area contributed by atoms with Gasteiger partial charge in [0.1, 0.15) is 36.1 Å². The van der Waals surface area contributed by atoms with Crippen molar-refractivity contribution in [3.63, 3.8) is 0 Å². The number of carbonyl (C=O) groups excluding carboxylic acids is 4. The molecule has 3 unspecified atom stereocenters. The molecular formula is C46H56N8O8. The lowest BCUT2D eigenvalue weighted by Gasteiger charge is -2.32. The van der Waals surface area contributed by atoms with E-state index in [1.54, 1.807) is 18.2 Å². The Morgan fingerprint density at radius 1 is 0.855 bits per heavy atom. The minimum atomic E-state index is -0.755. The van der Waals surface area contributed by atoms with Crippen LogP contribution in [0.25, 0.3) is 44.2 Å². The van der Waals surface area contributed by atoms with Gasteiger partial charge in [-0.1, -0.05) is 45.9 Å². The van der Waals surface area contributed by atoms with Crippen molar-refractivity contribution in [1.82, 2.24) is 40.4 Å². The minimum Gasteiger partial charge on any atom is -0.488 e. The first-order valence-corrected chi connectivity index (χ1v) is 21.4. The quantitative estimate of drug-likeness (QED) is 0.107. The summed E-state index contributed by atoms with van der Waals surface area (Å²) in [6, 6.07) is 12.5. The average Bonchev–Trinajstić information content (AvgIpc) is 4.09. The number of methoxy groups -OCH3 is 3. The maximum atomic E-state index is 14.0. The Hall–Kier alpha value is -6.16. The summed E-state index contributed by atoms with van der Waals surface area (Å²) >= 11 is 0. The third-order valence-corrected chi connectivity index (χ3v) is 12.7. The summed E-state index contributed by atoms with van der Waals surface area (Å²) in [4.78, 5) is 72.8. The molecule has 5 heterocycles. The Morgan fingerprint density at radius 3 is 2.27 bits per heavy atom. The zero-order valence-corrected chi connectivity index (χ0v) is 36.5. The standard InChI is InChI=1S/C46H56N8O8/c1-23(2)38(51-45(57)60-7)43(55)53-20-26(21-59-6)15-36(53)41-47-19-34(49-41)28-10-12-30-29(16-28)22-62-37-18-31-27(17-32(30)37)11-13-33-40(31)50-42(48-33)35-14-9-25(5)54(35)44(56)39(24(3)4)52-46(58)61-8/h10-13,16-19,23-26,35-36,38-39H,9,14-15,20-22H2,1-8H3,(H,47,49)(H,48,50)(H,51,57)(H,52,58)/t25-,26-,35-,36?,38?,39?/m0/s1. The van der Waals surface area contributed by atoms with E-state index in [0.717, 1.165) is 68.3 Å². The summed E-state index contributed by atoms with van der Waals surface area (Å²) in [5.41, 5.74) is 6.50. The number of nitrogens with one attached hydrogen (secondary N) is 4. The highest BCUT2D eigenvalue weighted by Gasteiger charge is 2.43. The van der Waals surface area contributed by atoms with Gasteiger partial charge in [0.25, 0.3) is 0 Å². The molecule has 0 aliphatic carbocycles. The number of imidazole rings is 2. The second-order valence-electron chi connectivity index (χ2n) is 17.5. The molecule has 8 rings (SSSR count). The van der Waals surface area contributed by atoms with Crippen LogP contribution in [0.3, 0.4) is 0 Å². The van der Waals surface area contributed by atoms with E-state index in [-0.39, 0.29) is 47.7 Å². The molecule has 62 heavy (non-hydrogen) atoms. The molecule has 2 fully saturated rings. The van der Waals surface area contributed by atoms with E-state index < -0.39 is 24.3 Å². The summed E-state index contributed by atoms with van der Waals surface area (Å²) in [7, 11) is 4.23. The Bertz CT molecular complexity index is 2510. The Labute approximate surface area is 360 Å². The van der Waals surface area contributed by atoms with Gasteiger partial charge in [0.05, 0.1) is 55.8 Å². The van der Waals surface area contributed by atoms with E-state index >= 15 is 0 Å². The Morgan fingerprint density at radius 2 is 1.58 bits per heavy atom. The SMILES string of the molecule is COC[C@H]1CC(c2ncc(-c3ccc4c(c3)COc3cc5c(ccc6[nH]c([C@@H]7CC[C@H](C)N7C(=O)C(NC(=O)OC)C(C)C)nc65)cc3-4)[nH]2)N(C(=O)C(NC(=O)OC)C(C)C)C1. The van der Waals surface area contributed by atoms with Crippen molar-refractivity contribution in [2.24, 2.45) is 17.8 Å². The van der Waals surface area contributed by atoms with Crippen LogP contribution in [0.5, 0.6) is 5.75 Å². The minimum absolute atomic E-state index is 0.0301. The fourth-order valence-electron chi connectivity index (χ4n) is 9.43. The highest BCUT2D eigenvalue weighted by molar-refractivity contribution is 6.07. The summed E-state index contributed by atoms with van der Waals surface area (Å²) < 4.78 is 21.6. The fourth-order valence-corrected chi connectivity index (χ4v) is 9.43. The largest absolute Gasteiger partial charge is 0.488 e. The van der Waals surface area contributed by atoms with E-state index in [1.807, 2.05) is 45.6 Å². The molecule has 16 heteroatoms. The van der Waals surface area contributed by atoms with Crippen LogP contribution < -0.4 is 15.4 Å². The number of alkyl carbamates (subject to hydrolysis) is 2. The molecule has 3 aliphatic heterocycles. The number of hydrogen-bond donors (Lipinski definition) is 4. The predicted molar refractivity (Wildman–Crippen MR) is 232 cm³/mol. The van der Waals surface area contributed by atoms with Crippen molar-refractivity contribution in [2.45, 2.75) is 90.7 Å². The Kier molecular flexibility index (Phi) is 11.9. The van der Waals surface area contributed by atoms with Crippen molar-refractivity contribution in [2.75, 3.05) is 34.5 Å². The van der Waals surface area contributed by atoms with Crippen LogP contribution in [0.2, 0.25) is 0 Å². The molecule has 4 amide bonds. The number of aromatic nitrogens is 4. The van der Waals surface area contributed by atoms with Gasteiger partial charge in [-0.3, -0.25) is 9.59 Å². The third-order valence-electron chi connectivity index (χ3n) is 12.7. The van der Waals surface area contributed by atoms with Gasteiger partial charge in [-0.2, -0.15) is 0 Å². The van der Waals surface area contributed by atoms with E-state index in [2.05, 4.69) is 57.0 Å². The number of amides is 4. The van der Waals surface area contributed by atoms with Gasteiger partial charge in [0.2, 0.25) is 11.8 Å². The molecule has 4 N–H and O–H groups in total. The summed E-state index contributed by atoms with van der Waals surface area (Å²) in [6.45, 7) is 11.0. The molecule has 2 aromatic heterocycles. The first-order chi connectivity index (χ1) is 29.8. The number of ether oxygens (including phenoxy) is 4. The number of benzene rings is 3. The van der Waals surface area contributed by atoms with E-state index in [4.69, 9.17) is 28.9 Å². The molecule has 6 atom stereocenters. The van der Waals surface area contributed by atoms with Gasteiger partial charge >= 0.3 is 12.2 Å². The van der Waals surface area contributed by atoms with Crippen molar-refractivity contribution in [3.05, 3.63) is 65.9 Å². The molecule has 3 aliphatic rings. The lowest BCUT2D eigenvalue weighted by molar-refractivity contribution is -0.137. The van der Waals surface area contributed by atoms with Gasteiger partial charge in [0, 0.05) is 36.6 Å². The number of carbonyl (C=O) groups is 4. The molecule has 16 nitrogen and oxygen atoms in total. The number of fused-ring (bicyclic) bond motifs is 6. The summed E-state index contributed by atoms with van der Waals surface area (Å²) in [5, 5.41) is 7.41. The molecule has 3 aromatic carbocycles. The molecule has 328 valence electrons. The van der Waals surface area contributed by atoms with Gasteiger partial charge in [-0.15, -0.1) is 0 Å². The topological polar surface area (TPSA) is 193 Å². The van der Waals surface area contributed by atoms with Gasteiger partial charge in [0.15, 0.2) is 0 Å². The van der Waals surface area contributed by atoms with Crippen LogP contribution in [-0.2, 0) is 30.4 Å². The normalized spacial score (nSPS) is 20.5. The molecule has 0 saturated carbocycles. The second-order valence-corrected chi connectivity index (χ2v) is 17.5. The smallest absolute Gasteiger partial charge is 0.407 e. The first-order valence-electron chi connectivity index (χ1n) is 21.4. The third kappa shape index (κ3) is 7.91. The number of hydrogen-bond acceptors (Lipinski definition) is 10. The Balaban J connectivity index is 1.05. The lowest BCUT2D eigenvalue weighted by atomic mass is 9.92. The van der Waals surface area contributed by atoms with Crippen LogP contribution >= 0.6 is 0 Å². The van der Waals surface area contributed by atoms with Gasteiger partial charge in [-0.05, 0) is 84.4 Å². The molecular weight excluding hydrogens is 793 g/mol. The van der Waals surface area contributed by atoms with Gasteiger partial charge in [-0.25, -0.2) is 19.6 Å². The van der Waals surface area contributed by atoms with Crippen molar-refractivity contribution in [1.29, 1.82) is 0 Å². The molecule has 0 bridgehead atoms. The predicted octanol–water partition coefficient (Wildman–Crippen LogP) is 7.01. The fraction of sp³-hybridized carbons (Fsp3) is 0.478. The van der Waals surface area contributed by atoms with E-state index in [1.165, 1.54) is 14.2 Å². The molecule has 5 aromatic rings. The number of rotatable bonds is 11. The highest BCUT2D eigenvalue weighted by Crippen LogP contribution is 2.44.